The Hall–Kier alpha value is -2.05. The summed E-state index contributed by atoms with van der Waals surface area (Å²) in [7, 11) is 0. The molecule has 0 atom stereocenters. The summed E-state index contributed by atoms with van der Waals surface area (Å²) >= 11 is 0. The van der Waals surface area contributed by atoms with Crippen LogP contribution in [0.2, 0.25) is 0 Å². The third-order valence-electron chi connectivity index (χ3n) is 3.85. The topological polar surface area (TPSA) is 46.6 Å². The number of carbonyl (C=O) groups is 2. The van der Waals surface area contributed by atoms with Gasteiger partial charge in [-0.3, -0.25) is 9.59 Å². The zero-order valence-corrected chi connectivity index (χ0v) is 14.6. The largest absolute Gasteiger partial charge is 0.471 e. The van der Waals surface area contributed by atoms with E-state index in [2.05, 4.69) is 0 Å². The van der Waals surface area contributed by atoms with Crippen LogP contribution >= 0.6 is 0 Å². The van der Waals surface area contributed by atoms with Gasteiger partial charge in [-0.05, 0) is 50.3 Å². The number of carbonyl (C=O) groups excluding carboxylic acids is 2. The molecule has 0 fully saturated rings. The maximum atomic E-state index is 12.5. The predicted octanol–water partition coefficient (Wildman–Crippen LogP) is 3.41. The molecule has 0 saturated heterocycles. The molecule has 2 rings (SSSR count). The number of amides is 1. The average molecular weight is 357 g/mol. The average Bonchev–Trinajstić information content (AvgIpc) is 2.49. The molecule has 0 N–H and O–H groups in total. The van der Waals surface area contributed by atoms with E-state index >= 15 is 0 Å². The third kappa shape index (κ3) is 5.47. The second-order valence-corrected chi connectivity index (χ2v) is 7.16. The summed E-state index contributed by atoms with van der Waals surface area (Å²) in [6, 6.07) is 5.41. The summed E-state index contributed by atoms with van der Waals surface area (Å²) in [6.45, 7) is 5.41. The van der Waals surface area contributed by atoms with Crippen LogP contribution in [0.4, 0.5) is 13.2 Å². The maximum Gasteiger partial charge on any atom is 0.471 e. The molecule has 4 nitrogen and oxygen atoms in total. The lowest BCUT2D eigenvalue weighted by Crippen LogP contribution is -2.43. The molecule has 0 radical (unpaired) electrons. The van der Waals surface area contributed by atoms with Crippen molar-refractivity contribution in [3.63, 3.8) is 0 Å². The Kier molecular flexibility index (Phi) is 5.44. The predicted molar refractivity (Wildman–Crippen MR) is 85.8 cm³/mol. The van der Waals surface area contributed by atoms with E-state index in [9.17, 15) is 22.8 Å². The van der Waals surface area contributed by atoms with E-state index in [1.165, 1.54) is 0 Å². The first-order chi connectivity index (χ1) is 11.5. The highest BCUT2D eigenvalue weighted by Crippen LogP contribution is 2.26. The number of aryl methyl sites for hydroxylation is 1. The Morgan fingerprint density at radius 3 is 2.44 bits per heavy atom. The lowest BCUT2D eigenvalue weighted by atomic mass is 9.95. The van der Waals surface area contributed by atoms with Crippen LogP contribution < -0.4 is 0 Å². The lowest BCUT2D eigenvalue weighted by molar-refractivity contribution is -0.186. The van der Waals surface area contributed by atoms with Gasteiger partial charge in [0.05, 0.1) is 0 Å². The zero-order valence-electron chi connectivity index (χ0n) is 14.6. The first kappa shape index (κ1) is 19.3. The minimum Gasteiger partial charge on any atom is -0.460 e. The molecular weight excluding hydrogens is 335 g/mol. The van der Waals surface area contributed by atoms with Crippen molar-refractivity contribution in [1.29, 1.82) is 0 Å². The summed E-state index contributed by atoms with van der Waals surface area (Å²) in [4.78, 5) is 23.9. The molecular formula is C18H22F3NO3. The molecule has 1 aliphatic heterocycles. The number of ether oxygens (including phenoxy) is 1. The normalized spacial score (nSPS) is 14.9. The molecule has 25 heavy (non-hydrogen) atoms. The first-order valence-corrected chi connectivity index (χ1v) is 8.14. The molecule has 0 bridgehead atoms. The number of nitrogens with zero attached hydrogens (tertiary/aromatic N) is 1. The summed E-state index contributed by atoms with van der Waals surface area (Å²) in [5.74, 6) is -2.08. The Morgan fingerprint density at radius 1 is 1.16 bits per heavy atom. The second kappa shape index (κ2) is 7.06. The molecule has 138 valence electrons. The van der Waals surface area contributed by atoms with Gasteiger partial charge >= 0.3 is 18.1 Å². The number of benzene rings is 1. The van der Waals surface area contributed by atoms with Crippen molar-refractivity contribution in [3.05, 3.63) is 34.9 Å². The molecule has 1 aromatic rings. The zero-order chi connectivity index (χ0) is 18.8. The van der Waals surface area contributed by atoms with E-state index in [0.717, 1.165) is 16.0 Å². The fraction of sp³-hybridized carbons (Fsp3) is 0.556. The summed E-state index contributed by atoms with van der Waals surface area (Å²) in [6.07, 6.45) is -3.72. The molecule has 0 spiro atoms. The van der Waals surface area contributed by atoms with Gasteiger partial charge in [0.1, 0.15) is 5.60 Å². The van der Waals surface area contributed by atoms with Crippen LogP contribution in [0, 0.1) is 0 Å². The van der Waals surface area contributed by atoms with Gasteiger partial charge in [0.15, 0.2) is 0 Å². The molecule has 1 heterocycles. The number of fused-ring (bicyclic) bond motifs is 1. The van der Waals surface area contributed by atoms with Crippen molar-refractivity contribution in [2.75, 3.05) is 6.54 Å². The lowest BCUT2D eigenvalue weighted by Gasteiger charge is -2.29. The Bertz CT molecular complexity index is 663. The highest BCUT2D eigenvalue weighted by molar-refractivity contribution is 5.82. The van der Waals surface area contributed by atoms with E-state index in [1.54, 1.807) is 32.9 Å². The van der Waals surface area contributed by atoms with Gasteiger partial charge in [0.2, 0.25) is 0 Å². The van der Waals surface area contributed by atoms with Crippen LogP contribution in [-0.2, 0) is 33.7 Å². The van der Waals surface area contributed by atoms with Crippen LogP contribution in [0.5, 0.6) is 0 Å². The summed E-state index contributed by atoms with van der Waals surface area (Å²) in [5, 5.41) is 0. The number of rotatable bonds is 3. The van der Waals surface area contributed by atoms with Gasteiger partial charge in [-0.15, -0.1) is 0 Å². The van der Waals surface area contributed by atoms with Gasteiger partial charge < -0.3 is 9.64 Å². The number of hydrogen-bond acceptors (Lipinski definition) is 3. The van der Waals surface area contributed by atoms with Crippen molar-refractivity contribution in [2.24, 2.45) is 0 Å². The van der Waals surface area contributed by atoms with Crippen molar-refractivity contribution >= 4 is 11.9 Å². The number of hydrogen-bond donors (Lipinski definition) is 0. The molecule has 7 heteroatoms. The van der Waals surface area contributed by atoms with E-state index < -0.39 is 17.7 Å². The van der Waals surface area contributed by atoms with Gasteiger partial charge in [-0.2, -0.15) is 13.2 Å². The van der Waals surface area contributed by atoms with Crippen molar-refractivity contribution in [1.82, 2.24) is 4.90 Å². The van der Waals surface area contributed by atoms with Gasteiger partial charge in [-0.25, -0.2) is 0 Å². The van der Waals surface area contributed by atoms with Crippen LogP contribution in [-0.4, -0.2) is 35.1 Å². The van der Waals surface area contributed by atoms with Gasteiger partial charge in [-0.1, -0.05) is 18.2 Å². The number of esters is 1. The SMILES string of the molecule is CC(C)(C)OC(=O)CCc1ccc2c(c1)CCN(C(=O)C(F)(F)F)C2. The van der Waals surface area contributed by atoms with Crippen molar-refractivity contribution in [2.45, 2.75) is 58.4 Å². The standard InChI is InChI=1S/C18H22F3NO3/c1-17(2,3)25-15(23)7-5-12-4-6-14-11-22(9-8-13(14)10-12)16(24)18(19,20)21/h4,6,10H,5,7-9,11H2,1-3H3. The molecule has 0 saturated carbocycles. The maximum absolute atomic E-state index is 12.5. The minimum absolute atomic E-state index is 0.0416. The van der Waals surface area contributed by atoms with Crippen LogP contribution in [0.15, 0.2) is 18.2 Å². The quantitative estimate of drug-likeness (QED) is 0.779. The van der Waals surface area contributed by atoms with Crippen molar-refractivity contribution < 1.29 is 27.5 Å². The monoisotopic (exact) mass is 357 g/mol. The minimum atomic E-state index is -4.84. The second-order valence-electron chi connectivity index (χ2n) is 7.16. The van der Waals surface area contributed by atoms with Gasteiger partial charge in [0, 0.05) is 19.5 Å². The molecule has 0 unspecified atom stereocenters. The molecule has 1 aromatic carbocycles. The smallest absolute Gasteiger partial charge is 0.460 e. The van der Waals surface area contributed by atoms with Gasteiger partial charge in [0.25, 0.3) is 0 Å². The highest BCUT2D eigenvalue weighted by atomic mass is 19.4. The van der Waals surface area contributed by atoms with Crippen LogP contribution in [0.25, 0.3) is 0 Å². The summed E-state index contributed by atoms with van der Waals surface area (Å²) < 4.78 is 42.9. The fourth-order valence-corrected chi connectivity index (χ4v) is 2.75. The Labute approximate surface area is 144 Å². The number of halogens is 3. The van der Waals surface area contributed by atoms with E-state index in [0.29, 0.717) is 18.4 Å². The van der Waals surface area contributed by atoms with E-state index in [1.807, 2.05) is 6.07 Å². The summed E-state index contributed by atoms with van der Waals surface area (Å²) in [5.41, 5.74) is 2.04. The first-order valence-electron chi connectivity index (χ1n) is 8.14. The molecule has 1 amide bonds. The number of alkyl halides is 3. The molecule has 0 aliphatic carbocycles. The van der Waals surface area contributed by atoms with E-state index in [-0.39, 0.29) is 25.5 Å². The third-order valence-corrected chi connectivity index (χ3v) is 3.85. The molecule has 1 aliphatic rings. The highest BCUT2D eigenvalue weighted by Gasteiger charge is 2.43. The Morgan fingerprint density at radius 2 is 1.84 bits per heavy atom. The molecule has 0 aromatic heterocycles. The fourth-order valence-electron chi connectivity index (χ4n) is 2.75. The van der Waals surface area contributed by atoms with Crippen LogP contribution in [0.1, 0.15) is 43.9 Å². The Balaban J connectivity index is 1.98. The van der Waals surface area contributed by atoms with E-state index in [4.69, 9.17) is 4.74 Å². The van der Waals surface area contributed by atoms with Crippen molar-refractivity contribution in [3.8, 4) is 0 Å². The van der Waals surface area contributed by atoms with Crippen LogP contribution in [0.3, 0.4) is 0 Å².